The summed E-state index contributed by atoms with van der Waals surface area (Å²) in [6.45, 7) is 4.51. The fourth-order valence-corrected chi connectivity index (χ4v) is 1.87. The number of aromatic nitrogens is 1. The van der Waals surface area contributed by atoms with Gasteiger partial charge in [-0.05, 0) is 26.3 Å². The average molecular weight is 196 g/mol. The lowest BCUT2D eigenvalue weighted by Crippen LogP contribution is -2.37. The molecule has 78 valence electrons. The Hall–Kier alpha value is -0.870. The Morgan fingerprint density at radius 1 is 1.71 bits per heavy atom. The highest BCUT2D eigenvalue weighted by Crippen LogP contribution is 2.14. The molecule has 0 radical (unpaired) electrons. The summed E-state index contributed by atoms with van der Waals surface area (Å²) in [4.78, 5) is 6.37. The highest BCUT2D eigenvalue weighted by atomic mass is 16.3. The van der Waals surface area contributed by atoms with Crippen molar-refractivity contribution in [2.24, 2.45) is 0 Å². The van der Waals surface area contributed by atoms with E-state index in [2.05, 4.69) is 9.88 Å². The van der Waals surface area contributed by atoms with Crippen molar-refractivity contribution in [3.05, 3.63) is 17.8 Å². The zero-order chi connectivity index (χ0) is 9.97. The predicted molar refractivity (Wildman–Crippen MR) is 51.8 cm³/mol. The minimum atomic E-state index is -0.170. The minimum absolute atomic E-state index is 0.170. The lowest BCUT2D eigenvalue weighted by Gasteiger charge is -2.29. The van der Waals surface area contributed by atoms with Gasteiger partial charge in [-0.2, -0.15) is 0 Å². The van der Waals surface area contributed by atoms with Gasteiger partial charge < -0.3 is 9.52 Å². The SMILES string of the molecule is Cc1ocnc1CN1CCC[C@H](O)C1. The Labute approximate surface area is 83.5 Å². The molecule has 1 aliphatic rings. The summed E-state index contributed by atoms with van der Waals surface area (Å²) in [5, 5.41) is 9.49. The van der Waals surface area contributed by atoms with Crippen molar-refractivity contribution in [1.29, 1.82) is 0 Å². The minimum Gasteiger partial charge on any atom is -0.448 e. The van der Waals surface area contributed by atoms with Crippen LogP contribution in [0.4, 0.5) is 0 Å². The van der Waals surface area contributed by atoms with Gasteiger partial charge in [0.15, 0.2) is 6.39 Å². The summed E-state index contributed by atoms with van der Waals surface area (Å²) in [6.07, 6.45) is 3.30. The topological polar surface area (TPSA) is 49.5 Å². The number of likely N-dealkylation sites (tertiary alicyclic amines) is 1. The standard InChI is InChI=1S/C10H16N2O2/c1-8-10(11-7-14-8)6-12-4-2-3-9(13)5-12/h7,9,13H,2-6H2,1H3/t9-/m0/s1. The van der Waals surface area contributed by atoms with E-state index in [9.17, 15) is 5.11 Å². The molecule has 1 fully saturated rings. The molecule has 0 bridgehead atoms. The van der Waals surface area contributed by atoms with E-state index >= 15 is 0 Å². The molecule has 1 N–H and O–H groups in total. The summed E-state index contributed by atoms with van der Waals surface area (Å²) in [7, 11) is 0. The van der Waals surface area contributed by atoms with Gasteiger partial charge >= 0.3 is 0 Å². The lowest BCUT2D eigenvalue weighted by atomic mass is 10.1. The van der Waals surface area contributed by atoms with E-state index in [1.807, 2.05) is 6.92 Å². The van der Waals surface area contributed by atoms with Crippen LogP contribution in [0.5, 0.6) is 0 Å². The molecular weight excluding hydrogens is 180 g/mol. The van der Waals surface area contributed by atoms with Gasteiger partial charge in [0.2, 0.25) is 0 Å². The number of piperidine rings is 1. The van der Waals surface area contributed by atoms with Gasteiger partial charge in [0.05, 0.1) is 11.8 Å². The highest BCUT2D eigenvalue weighted by molar-refractivity contribution is 5.04. The third-order valence-electron chi connectivity index (χ3n) is 2.70. The van der Waals surface area contributed by atoms with E-state index in [4.69, 9.17) is 4.42 Å². The summed E-state index contributed by atoms with van der Waals surface area (Å²) in [5.41, 5.74) is 0.985. The Bertz CT molecular complexity index is 298. The van der Waals surface area contributed by atoms with E-state index in [0.717, 1.165) is 43.9 Å². The largest absolute Gasteiger partial charge is 0.448 e. The molecule has 2 rings (SSSR count). The second-order valence-electron chi connectivity index (χ2n) is 3.89. The van der Waals surface area contributed by atoms with Crippen LogP contribution in [-0.4, -0.2) is 34.2 Å². The number of rotatable bonds is 2. The van der Waals surface area contributed by atoms with E-state index in [1.165, 1.54) is 6.39 Å². The maximum atomic E-state index is 9.49. The maximum Gasteiger partial charge on any atom is 0.181 e. The quantitative estimate of drug-likeness (QED) is 0.764. The van der Waals surface area contributed by atoms with Crippen molar-refractivity contribution < 1.29 is 9.52 Å². The van der Waals surface area contributed by atoms with Gasteiger partial charge in [-0.3, -0.25) is 4.90 Å². The molecule has 4 heteroatoms. The summed E-state index contributed by atoms with van der Waals surface area (Å²) in [6, 6.07) is 0. The second-order valence-corrected chi connectivity index (χ2v) is 3.89. The molecule has 0 saturated carbocycles. The third-order valence-corrected chi connectivity index (χ3v) is 2.70. The van der Waals surface area contributed by atoms with Gasteiger partial charge in [-0.1, -0.05) is 0 Å². The number of aliphatic hydroxyl groups is 1. The van der Waals surface area contributed by atoms with Crippen molar-refractivity contribution in [3.8, 4) is 0 Å². The van der Waals surface area contributed by atoms with Crippen LogP contribution in [0.2, 0.25) is 0 Å². The van der Waals surface area contributed by atoms with E-state index < -0.39 is 0 Å². The van der Waals surface area contributed by atoms with Crippen LogP contribution in [0.25, 0.3) is 0 Å². The maximum absolute atomic E-state index is 9.49. The summed E-state index contributed by atoms with van der Waals surface area (Å²) in [5.74, 6) is 0.880. The molecule has 0 aliphatic carbocycles. The molecule has 14 heavy (non-hydrogen) atoms. The van der Waals surface area contributed by atoms with E-state index in [-0.39, 0.29) is 6.10 Å². The van der Waals surface area contributed by atoms with Crippen molar-refractivity contribution in [2.45, 2.75) is 32.4 Å². The molecule has 1 aliphatic heterocycles. The zero-order valence-corrected chi connectivity index (χ0v) is 8.44. The molecule has 0 aromatic carbocycles. The Balaban J connectivity index is 1.94. The zero-order valence-electron chi connectivity index (χ0n) is 8.44. The van der Waals surface area contributed by atoms with Gasteiger partial charge in [-0.15, -0.1) is 0 Å². The number of β-amino-alcohol motifs (C(OH)–C–C–N with tert-alkyl or cyclic N) is 1. The summed E-state index contributed by atoms with van der Waals surface area (Å²) >= 11 is 0. The van der Waals surface area contributed by atoms with Crippen LogP contribution in [-0.2, 0) is 6.54 Å². The monoisotopic (exact) mass is 196 g/mol. The molecule has 0 spiro atoms. The second kappa shape index (κ2) is 4.11. The first-order valence-electron chi connectivity index (χ1n) is 5.05. The fourth-order valence-electron chi connectivity index (χ4n) is 1.87. The van der Waals surface area contributed by atoms with Crippen molar-refractivity contribution >= 4 is 0 Å². The Morgan fingerprint density at radius 3 is 3.21 bits per heavy atom. The number of aryl methyl sites for hydroxylation is 1. The van der Waals surface area contributed by atoms with Crippen LogP contribution >= 0.6 is 0 Å². The van der Waals surface area contributed by atoms with Gasteiger partial charge in [-0.25, -0.2) is 4.98 Å². The lowest BCUT2D eigenvalue weighted by molar-refractivity contribution is 0.0660. The normalized spacial score (nSPS) is 24.0. The van der Waals surface area contributed by atoms with Crippen molar-refractivity contribution in [2.75, 3.05) is 13.1 Å². The van der Waals surface area contributed by atoms with Gasteiger partial charge in [0.1, 0.15) is 5.76 Å². The summed E-state index contributed by atoms with van der Waals surface area (Å²) < 4.78 is 5.13. The molecule has 1 atom stereocenters. The van der Waals surface area contributed by atoms with Crippen molar-refractivity contribution in [1.82, 2.24) is 9.88 Å². The molecule has 4 nitrogen and oxygen atoms in total. The van der Waals surface area contributed by atoms with Crippen LogP contribution in [0.3, 0.4) is 0 Å². The van der Waals surface area contributed by atoms with Crippen LogP contribution in [0, 0.1) is 6.92 Å². The molecular formula is C10H16N2O2. The molecule has 0 unspecified atom stereocenters. The van der Waals surface area contributed by atoms with Crippen LogP contribution in [0.1, 0.15) is 24.3 Å². The molecule has 2 heterocycles. The number of aliphatic hydroxyl groups excluding tert-OH is 1. The van der Waals surface area contributed by atoms with Crippen LogP contribution < -0.4 is 0 Å². The predicted octanol–water partition coefficient (Wildman–Crippen LogP) is 0.940. The molecule has 1 aromatic heterocycles. The third kappa shape index (κ3) is 2.13. The first-order chi connectivity index (χ1) is 6.75. The molecule has 0 amide bonds. The van der Waals surface area contributed by atoms with Gasteiger partial charge in [0.25, 0.3) is 0 Å². The number of oxazole rings is 1. The highest BCUT2D eigenvalue weighted by Gasteiger charge is 2.19. The van der Waals surface area contributed by atoms with E-state index in [0.29, 0.717) is 0 Å². The van der Waals surface area contributed by atoms with Crippen molar-refractivity contribution in [3.63, 3.8) is 0 Å². The smallest absolute Gasteiger partial charge is 0.181 e. The first kappa shape index (κ1) is 9.68. The number of hydrogen-bond acceptors (Lipinski definition) is 4. The number of hydrogen-bond donors (Lipinski definition) is 1. The first-order valence-corrected chi connectivity index (χ1v) is 5.05. The molecule has 1 aromatic rings. The van der Waals surface area contributed by atoms with Gasteiger partial charge in [0, 0.05) is 13.1 Å². The van der Waals surface area contributed by atoms with Crippen LogP contribution in [0.15, 0.2) is 10.8 Å². The molecule has 1 saturated heterocycles. The number of nitrogens with zero attached hydrogens (tertiary/aromatic N) is 2. The Kier molecular flexibility index (Phi) is 2.84. The Morgan fingerprint density at radius 2 is 2.57 bits per heavy atom. The average Bonchev–Trinajstić information content (AvgIpc) is 2.52. The van der Waals surface area contributed by atoms with E-state index in [1.54, 1.807) is 0 Å². The fraction of sp³-hybridized carbons (Fsp3) is 0.700.